The molecule has 15 saturated heterocycles. The number of rotatable bonds is 27. The third kappa shape index (κ3) is 25.5. The highest BCUT2D eigenvalue weighted by Crippen LogP contribution is 2.37. The molecule has 0 saturated carbocycles. The Balaban J connectivity index is 0.000000128. The van der Waals surface area contributed by atoms with Crippen molar-refractivity contribution in [2.75, 3.05) is 144 Å². The van der Waals surface area contributed by atoms with Gasteiger partial charge in [0.2, 0.25) is 0 Å². The lowest BCUT2D eigenvalue weighted by atomic mass is 9.86. The SMILES string of the molecule is C=CCCCN(C(=O)O[C@H]1CN2CCC1CC2)c1ccccc1.CCCCCN(C(=O)O[C@H]1CN2CCC1CC2)c1ccccc1.CCCCN(Cc1cccs1)C(=O)O[C@H]1CN2CCC1CC2.O=C(O[C@H]1CN2CCC1CC2)N(CCc1ccccc1)c1ccccc1.O=C(O[C@H]1CN2CCC1CC2)N(Cc1ccsc1)c1ccccc1. The van der Waals surface area contributed by atoms with Gasteiger partial charge in [-0.15, -0.1) is 17.9 Å². The van der Waals surface area contributed by atoms with Crippen molar-refractivity contribution in [3.05, 3.63) is 215 Å². The van der Waals surface area contributed by atoms with Crippen LogP contribution in [0, 0.1) is 29.6 Å². The highest BCUT2D eigenvalue weighted by Gasteiger charge is 2.43. The summed E-state index contributed by atoms with van der Waals surface area (Å²) in [6.45, 7) is 28.2. The Morgan fingerprint density at radius 3 is 1.04 bits per heavy atom. The monoisotopic (exact) mass is 1640 g/mol. The van der Waals surface area contributed by atoms with Crippen molar-refractivity contribution in [1.29, 1.82) is 0 Å². The minimum absolute atomic E-state index is 0.0351. The van der Waals surface area contributed by atoms with Crippen LogP contribution in [0.15, 0.2) is 199 Å². The molecule has 22 rings (SSSR count). The van der Waals surface area contributed by atoms with Gasteiger partial charge < -0.3 is 28.6 Å². The van der Waals surface area contributed by atoms with Crippen LogP contribution in [0.5, 0.6) is 0 Å². The smallest absolute Gasteiger partial charge is 0.414 e. The van der Waals surface area contributed by atoms with Gasteiger partial charge in [-0.05, 0) is 279 Å². The molecule has 5 atom stereocenters. The number of hydrogen-bond donors (Lipinski definition) is 0. The summed E-state index contributed by atoms with van der Waals surface area (Å²) in [7, 11) is 0. The summed E-state index contributed by atoms with van der Waals surface area (Å²) in [5.74, 6) is 2.71. The summed E-state index contributed by atoms with van der Waals surface area (Å²) in [5.41, 5.74) is 5.99. The van der Waals surface area contributed by atoms with Crippen molar-refractivity contribution in [2.24, 2.45) is 29.6 Å². The number of carbonyl (C=O) groups excluding carboxylic acids is 5. The van der Waals surface area contributed by atoms with Crippen molar-refractivity contribution in [1.82, 2.24) is 29.4 Å². The lowest BCUT2D eigenvalue weighted by Crippen LogP contribution is -2.53. The third-order valence-corrected chi connectivity index (χ3v) is 27.1. The fourth-order valence-corrected chi connectivity index (χ4v) is 19.8. The third-order valence-electron chi connectivity index (χ3n) is 25.5. The van der Waals surface area contributed by atoms with Crippen LogP contribution in [0.2, 0.25) is 0 Å². The molecule has 15 fully saturated rings. The van der Waals surface area contributed by atoms with Gasteiger partial charge >= 0.3 is 30.5 Å². The number of thiophene rings is 2. The predicted octanol–water partition coefficient (Wildman–Crippen LogP) is 19.1. The number of amides is 5. The Bertz CT molecular complexity index is 4080. The molecule has 7 aromatic rings. The first-order valence-electron chi connectivity index (χ1n) is 44.3. The average molecular weight is 1650 g/mol. The highest BCUT2D eigenvalue weighted by molar-refractivity contribution is 7.09. The first-order valence-corrected chi connectivity index (χ1v) is 46.1. The standard InChI is InChI=1S/C22H26N2O2.C19H22N2O2S.C19H28N2O2.C19H26N2O2.C17H26N2O2S/c25-22(26-21-17-23-14-12-19(21)13-15-23)24(20-9-5-2-6-10-20)16-11-18-7-3-1-4-8-18;22-19(23-18-13-20-9-6-16(18)7-10-20)21(12-15-8-11-24-14-15)17-4-2-1-3-5-17;2*1-2-3-7-12-21(17-8-5-4-6-9-17)19(22)23-18-15-20-13-10-16(18)11-14-20;1-2-3-8-19(12-15-5-4-11-22-15)17(20)21-16-13-18-9-6-14(16)7-10-18/h1-10,19,21H,11-17H2;1-5,8,11,14,16,18H,6-7,9-10,12-13H2;4-6,8-9,16,18H,2-3,7,10-15H2,1H3;2,4-6,8-9,16,18H,1,3,7,10-15H2;4-5,11,14,16H,2-3,6-10,12-13H2,1H3/t21-;3*18-;16-/m00000/s1. The van der Waals surface area contributed by atoms with E-state index in [0.29, 0.717) is 55.8 Å². The Morgan fingerprint density at radius 2 is 0.712 bits per heavy atom. The van der Waals surface area contributed by atoms with Crippen LogP contribution in [-0.2, 0) is 43.2 Å². The van der Waals surface area contributed by atoms with Gasteiger partial charge in [-0.2, -0.15) is 11.3 Å². The summed E-state index contributed by atoms with van der Waals surface area (Å²) >= 11 is 3.35. The second kappa shape index (κ2) is 45.7. The van der Waals surface area contributed by atoms with Crippen molar-refractivity contribution in [2.45, 2.75) is 173 Å². The number of fused-ring (bicyclic) bond motifs is 15. The molecule has 0 N–H and O–H groups in total. The van der Waals surface area contributed by atoms with E-state index >= 15 is 0 Å². The first kappa shape index (κ1) is 87.2. The van der Waals surface area contributed by atoms with E-state index in [2.05, 4.69) is 80.0 Å². The first-order chi connectivity index (χ1) is 57.9. The molecule has 17 heterocycles. The molecule has 0 spiro atoms. The van der Waals surface area contributed by atoms with Crippen molar-refractivity contribution < 1.29 is 47.7 Å². The van der Waals surface area contributed by atoms with Crippen molar-refractivity contribution >= 4 is 75.9 Å². The van der Waals surface area contributed by atoms with Crippen LogP contribution >= 0.6 is 22.7 Å². The predicted molar refractivity (Wildman–Crippen MR) is 474 cm³/mol. The van der Waals surface area contributed by atoms with E-state index in [4.69, 9.17) is 23.7 Å². The van der Waals surface area contributed by atoms with Gasteiger partial charge in [0, 0.05) is 86.5 Å². The Morgan fingerprint density at radius 1 is 0.364 bits per heavy atom. The van der Waals surface area contributed by atoms with Gasteiger partial charge in [0.1, 0.15) is 30.5 Å². The fourth-order valence-electron chi connectivity index (χ4n) is 18.4. The molecule has 15 aliphatic heterocycles. The maximum absolute atomic E-state index is 13.0. The normalized spacial score (nSPS) is 25.6. The number of anilines is 4. The summed E-state index contributed by atoms with van der Waals surface area (Å²) in [6, 6.07) is 55.8. The van der Waals surface area contributed by atoms with Crippen LogP contribution in [0.25, 0.3) is 0 Å². The van der Waals surface area contributed by atoms with Crippen LogP contribution in [0.3, 0.4) is 0 Å². The van der Waals surface area contributed by atoms with Gasteiger partial charge in [-0.25, -0.2) is 24.0 Å². The van der Waals surface area contributed by atoms with E-state index in [-0.39, 0.29) is 61.0 Å². The van der Waals surface area contributed by atoms with Gasteiger partial charge in [-0.3, -0.25) is 44.1 Å². The molecule has 2 aromatic heterocycles. The molecule has 22 heteroatoms. The van der Waals surface area contributed by atoms with Gasteiger partial charge in [0.05, 0.1) is 13.1 Å². The zero-order valence-electron chi connectivity index (χ0n) is 69.9. The molecular formula is C96H128N10O10S2. The van der Waals surface area contributed by atoms with Gasteiger partial charge in [0.25, 0.3) is 0 Å². The Labute approximate surface area is 709 Å². The van der Waals surface area contributed by atoms with Crippen LogP contribution in [-0.4, -0.2) is 215 Å². The molecule has 0 aliphatic carbocycles. The number of nitrogens with zero attached hydrogens (tertiary/aromatic N) is 10. The van der Waals surface area contributed by atoms with Crippen molar-refractivity contribution in [3.63, 3.8) is 0 Å². The maximum Gasteiger partial charge on any atom is 0.414 e. The van der Waals surface area contributed by atoms with E-state index in [1.54, 1.807) is 37.4 Å². The minimum Gasteiger partial charge on any atom is -0.444 e. The molecule has 10 bridgehead atoms. The van der Waals surface area contributed by atoms with Crippen LogP contribution < -0.4 is 19.6 Å². The van der Waals surface area contributed by atoms with Gasteiger partial charge in [0.15, 0.2) is 0 Å². The number of benzene rings is 5. The largest absolute Gasteiger partial charge is 0.444 e. The highest BCUT2D eigenvalue weighted by atomic mass is 32.1. The zero-order chi connectivity index (χ0) is 81.6. The van der Waals surface area contributed by atoms with Gasteiger partial charge in [-0.1, -0.05) is 148 Å². The number of hydrogen-bond acceptors (Lipinski definition) is 17. The number of allylic oxidation sites excluding steroid dienone is 1. The van der Waals surface area contributed by atoms with E-state index in [9.17, 15) is 24.0 Å². The molecule has 15 aliphatic rings. The Hall–Kier alpha value is -8.61. The fraction of sp³-hybridized carbons (Fsp3) is 0.531. The summed E-state index contributed by atoms with van der Waals surface area (Å²) < 4.78 is 29.6. The summed E-state index contributed by atoms with van der Waals surface area (Å²) in [6.07, 6.45) is 20.8. The zero-order valence-corrected chi connectivity index (χ0v) is 71.5. The lowest BCUT2D eigenvalue weighted by Gasteiger charge is -2.44. The summed E-state index contributed by atoms with van der Waals surface area (Å²) in [4.78, 5) is 86.3. The molecule has 20 nitrogen and oxygen atoms in total. The molecule has 0 radical (unpaired) electrons. The number of carbonyl (C=O) groups is 5. The molecule has 5 aromatic carbocycles. The number of ether oxygens (including phenoxy) is 5. The second-order valence-corrected chi connectivity index (χ2v) is 35.4. The number of para-hydroxylation sites is 4. The van der Waals surface area contributed by atoms with E-state index in [1.165, 1.54) is 49.2 Å². The van der Waals surface area contributed by atoms with Crippen LogP contribution in [0.1, 0.15) is 139 Å². The lowest BCUT2D eigenvalue weighted by molar-refractivity contribution is -0.0443. The maximum atomic E-state index is 13.0. The molecule has 118 heavy (non-hydrogen) atoms. The van der Waals surface area contributed by atoms with E-state index in [0.717, 1.165) is 216 Å². The topological polar surface area (TPSA) is 164 Å². The average Bonchev–Trinajstić information content (AvgIpc) is 0.920. The molecule has 0 unspecified atom stereocenters. The Kier molecular flexibility index (Phi) is 33.8. The van der Waals surface area contributed by atoms with Crippen molar-refractivity contribution in [3.8, 4) is 0 Å². The molecule has 5 amide bonds. The van der Waals surface area contributed by atoms with Crippen LogP contribution in [0.4, 0.5) is 46.7 Å². The quantitative estimate of drug-likeness (QED) is 0.0271. The molecular weight excluding hydrogens is 1520 g/mol. The van der Waals surface area contributed by atoms with E-state index in [1.807, 2.05) is 167 Å². The van der Waals surface area contributed by atoms with E-state index < -0.39 is 0 Å². The minimum atomic E-state index is -0.230. The number of piperidine rings is 15. The number of unbranched alkanes of at least 4 members (excludes halogenated alkanes) is 4. The second-order valence-electron chi connectivity index (χ2n) is 33.5. The molecule has 634 valence electrons. The summed E-state index contributed by atoms with van der Waals surface area (Å²) in [5, 5.41) is 6.18.